The fourth-order valence-electron chi connectivity index (χ4n) is 11.5. The predicted molar refractivity (Wildman–Crippen MR) is 283 cm³/mol. The highest BCUT2D eigenvalue weighted by Crippen LogP contribution is 2.38. The molecule has 11 rings (SSSR count). The second-order valence-corrected chi connectivity index (χ2v) is 21.3. The minimum atomic E-state index is -1.10. The van der Waals surface area contributed by atoms with Gasteiger partial charge >= 0.3 is 5.97 Å². The number of nitrogens with zero attached hydrogens (tertiary/aromatic N) is 6. The first kappa shape index (κ1) is 48.4. The van der Waals surface area contributed by atoms with Crippen LogP contribution in [0.4, 0.5) is 10.9 Å². The van der Waals surface area contributed by atoms with Gasteiger partial charge in [-0.25, -0.2) is 14.8 Å². The van der Waals surface area contributed by atoms with Crippen molar-refractivity contribution in [1.82, 2.24) is 30.0 Å². The third-order valence-corrected chi connectivity index (χ3v) is 16.5. The summed E-state index contributed by atoms with van der Waals surface area (Å²) in [6.07, 6.45) is 9.82. The first-order valence-corrected chi connectivity index (χ1v) is 26.7. The lowest BCUT2D eigenvalue weighted by Gasteiger charge is -2.33. The van der Waals surface area contributed by atoms with Gasteiger partial charge in [-0.1, -0.05) is 47.7 Å². The lowest BCUT2D eigenvalue weighted by molar-refractivity contribution is -0.128. The maximum absolute atomic E-state index is 13.7. The number of piperidine rings is 2. The van der Waals surface area contributed by atoms with Gasteiger partial charge in [-0.15, -0.1) is 0 Å². The van der Waals surface area contributed by atoms with E-state index in [1.165, 1.54) is 24.2 Å². The zero-order valence-corrected chi connectivity index (χ0v) is 42.2. The van der Waals surface area contributed by atoms with Crippen LogP contribution < -0.4 is 25.0 Å². The van der Waals surface area contributed by atoms with Gasteiger partial charge in [0.05, 0.1) is 33.4 Å². The molecule has 0 radical (unpaired) electrons. The van der Waals surface area contributed by atoms with Crippen LogP contribution in [0.3, 0.4) is 0 Å². The lowest BCUT2D eigenvalue weighted by Crippen LogP contribution is -2.42. The van der Waals surface area contributed by atoms with Crippen LogP contribution in [0, 0.1) is 12.8 Å². The number of likely N-dealkylation sites (tertiary alicyclic amines) is 1. The number of benzene rings is 4. The zero-order valence-electron chi connectivity index (χ0n) is 41.4. The Kier molecular flexibility index (Phi) is 13.9. The molecule has 7 aromatic rings. The summed E-state index contributed by atoms with van der Waals surface area (Å²) in [7, 11) is 1.90. The van der Waals surface area contributed by atoms with Gasteiger partial charge in [0.15, 0.2) is 10.8 Å². The number of para-hydroxylation sites is 1. The average molecular weight is 1000 g/mol. The molecule has 16 heteroatoms. The number of hydrogen-bond donors (Lipinski definition) is 4. The van der Waals surface area contributed by atoms with Crippen molar-refractivity contribution in [2.45, 2.75) is 108 Å². The number of aryl methyl sites for hydroxylation is 1. The van der Waals surface area contributed by atoms with E-state index < -0.39 is 12.2 Å². The molecule has 2 amide bonds. The predicted octanol–water partition coefficient (Wildman–Crippen LogP) is 9.64. The molecule has 6 heterocycles. The number of anilines is 2. The number of aromatic carboxylic acids is 1. The van der Waals surface area contributed by atoms with Gasteiger partial charge in [-0.05, 0) is 161 Å². The number of nitrogens with one attached hydrogen (secondary N) is 2. The number of aliphatic hydroxyl groups is 1. The molecule has 1 saturated carbocycles. The van der Waals surface area contributed by atoms with Crippen LogP contribution in [-0.4, -0.2) is 97.3 Å². The number of fused-ring (bicyclic) bond motifs is 3. The number of carbonyl (C=O) groups is 3. The van der Waals surface area contributed by atoms with Crippen LogP contribution in [0.25, 0.3) is 32.2 Å². The Labute approximate surface area is 428 Å². The summed E-state index contributed by atoms with van der Waals surface area (Å²) in [5.41, 5.74) is 7.28. The van der Waals surface area contributed by atoms with Crippen molar-refractivity contribution in [1.29, 1.82) is 0 Å². The van der Waals surface area contributed by atoms with Gasteiger partial charge in [0, 0.05) is 55.8 Å². The SMILES string of the molecule is Cc1c(OC2CCC(CCCN3CCC(Oc4ccc5c(C6CCC(O)NC6=O)nn(C)c5c4)CC3)CC2)cccc1-c1ccc(N2CCc3cccc(C(=O)Nc4nc5ccccc5s4)c3C2)nc1C(=O)O. The number of ether oxygens (including phenoxy) is 2. The number of carbonyl (C=O) groups excluding carboxylic acids is 2. The molecule has 4 N–H and O–H groups in total. The number of pyridine rings is 1. The molecule has 3 aliphatic heterocycles. The Morgan fingerprint density at radius 3 is 2.47 bits per heavy atom. The Hall–Kier alpha value is -6.88. The lowest BCUT2D eigenvalue weighted by atomic mass is 9.84. The maximum Gasteiger partial charge on any atom is 0.355 e. The van der Waals surface area contributed by atoms with Crippen LogP contribution in [0.2, 0.25) is 0 Å². The van der Waals surface area contributed by atoms with Gasteiger partial charge in [-0.2, -0.15) is 5.10 Å². The molecule has 2 atom stereocenters. The van der Waals surface area contributed by atoms with Crippen molar-refractivity contribution in [3.8, 4) is 22.6 Å². The number of thiazole rings is 1. The zero-order chi connectivity index (χ0) is 50.2. The number of aliphatic hydroxyl groups excluding tert-OH is 1. The van der Waals surface area contributed by atoms with Gasteiger partial charge in [-0.3, -0.25) is 19.6 Å². The van der Waals surface area contributed by atoms with Gasteiger partial charge in [0.1, 0.15) is 29.6 Å². The third-order valence-electron chi connectivity index (χ3n) is 15.6. The van der Waals surface area contributed by atoms with Crippen LogP contribution in [0.15, 0.2) is 91.0 Å². The number of amides is 2. The summed E-state index contributed by atoms with van der Waals surface area (Å²) >= 11 is 1.44. The summed E-state index contributed by atoms with van der Waals surface area (Å²) in [6, 6.07) is 29.2. The second-order valence-electron chi connectivity index (χ2n) is 20.3. The maximum atomic E-state index is 13.7. The molecule has 4 aromatic carbocycles. The third kappa shape index (κ3) is 10.4. The monoisotopic (exact) mass is 1000 g/mol. The Balaban J connectivity index is 0.650. The molecule has 15 nitrogen and oxygen atoms in total. The number of rotatable bonds is 14. The van der Waals surface area contributed by atoms with E-state index in [2.05, 4.69) is 20.5 Å². The Bertz CT molecular complexity index is 3160. The molecule has 3 fully saturated rings. The molecule has 1 aliphatic carbocycles. The molecule has 4 aliphatic rings. The highest BCUT2D eigenvalue weighted by atomic mass is 32.1. The highest BCUT2D eigenvalue weighted by molar-refractivity contribution is 7.22. The van der Waals surface area contributed by atoms with Crippen LogP contribution in [-0.2, 0) is 24.8 Å². The first-order chi connectivity index (χ1) is 35.5. The molecule has 378 valence electrons. The van der Waals surface area contributed by atoms with Crippen molar-refractivity contribution in [3.63, 3.8) is 0 Å². The molecule has 3 aromatic heterocycles. The molecule has 0 spiro atoms. The summed E-state index contributed by atoms with van der Waals surface area (Å²) < 4.78 is 16.0. The summed E-state index contributed by atoms with van der Waals surface area (Å²) in [5.74, 6) is 0.949. The van der Waals surface area contributed by atoms with Crippen molar-refractivity contribution in [3.05, 3.63) is 125 Å². The van der Waals surface area contributed by atoms with Gasteiger partial charge in [0.2, 0.25) is 5.91 Å². The molecule has 73 heavy (non-hydrogen) atoms. The number of aromatic nitrogens is 4. The molecular formula is C57H62N8O7S. The summed E-state index contributed by atoms with van der Waals surface area (Å²) in [6.45, 7) is 6.17. The first-order valence-electron chi connectivity index (χ1n) is 25.9. The van der Waals surface area contributed by atoms with Gasteiger partial charge in [0.25, 0.3) is 5.91 Å². The Morgan fingerprint density at radius 2 is 1.66 bits per heavy atom. The van der Waals surface area contributed by atoms with E-state index in [1.807, 2.05) is 115 Å². The van der Waals surface area contributed by atoms with Crippen molar-refractivity contribution in [2.24, 2.45) is 13.0 Å². The van der Waals surface area contributed by atoms with E-state index in [1.54, 1.807) is 0 Å². The molecule has 2 unspecified atom stereocenters. The van der Waals surface area contributed by atoms with E-state index in [9.17, 15) is 24.6 Å². The topological polar surface area (TPSA) is 184 Å². The molecule has 0 bridgehead atoms. The van der Waals surface area contributed by atoms with Crippen LogP contribution in [0.5, 0.6) is 11.5 Å². The van der Waals surface area contributed by atoms with Crippen molar-refractivity contribution in [2.75, 3.05) is 36.4 Å². The second kappa shape index (κ2) is 20.9. The fourth-order valence-corrected chi connectivity index (χ4v) is 12.4. The quantitative estimate of drug-likeness (QED) is 0.0811. The average Bonchev–Trinajstić information content (AvgIpc) is 3.96. The van der Waals surface area contributed by atoms with E-state index in [4.69, 9.17) is 19.6 Å². The minimum absolute atomic E-state index is 0.0194. The standard InChI is InChI=1S/C57H62N8O7S/c1-34-40(41-21-23-50(59-53(41)56(69)70)65-31-25-36-9-5-11-42(45(36)33-65)54(67)61-57-58-46-12-3-4-14-49(46)73-57)10-6-13-48(34)72-37-17-15-35(16-18-37)8-7-28-64-29-26-38(27-30-64)71-39-19-20-43-47(32-39)63(2)62-52(43)44-22-24-51(66)60-55(44)68/h3-6,9-14,19-21,23,32,35,37-38,44,51,66H,7-8,15-18,22,24-31,33H2,1-2H3,(H,60,68)(H,69,70)(H,58,61,67). The van der Waals surface area contributed by atoms with E-state index in [0.717, 1.165) is 119 Å². The smallest absolute Gasteiger partial charge is 0.355 e. The van der Waals surface area contributed by atoms with E-state index >= 15 is 0 Å². The normalized spacial score (nSPS) is 20.7. The van der Waals surface area contributed by atoms with Crippen LogP contribution >= 0.6 is 11.3 Å². The van der Waals surface area contributed by atoms with Crippen LogP contribution in [0.1, 0.15) is 113 Å². The Morgan fingerprint density at radius 1 is 0.849 bits per heavy atom. The number of carboxylic acid groups (broad SMARTS) is 1. The minimum Gasteiger partial charge on any atom is -0.490 e. The molecular weight excluding hydrogens is 941 g/mol. The number of carboxylic acids is 1. The summed E-state index contributed by atoms with van der Waals surface area (Å²) in [4.78, 5) is 53.2. The fraction of sp³-hybridized carbons (Fsp3) is 0.404. The van der Waals surface area contributed by atoms with Gasteiger partial charge < -0.3 is 34.8 Å². The number of hydrogen-bond acceptors (Lipinski definition) is 12. The van der Waals surface area contributed by atoms with E-state index in [-0.39, 0.29) is 35.6 Å². The highest BCUT2D eigenvalue weighted by Gasteiger charge is 2.33. The summed E-state index contributed by atoms with van der Waals surface area (Å²) in [5, 5.41) is 32.2. The van der Waals surface area contributed by atoms with E-state index in [0.29, 0.717) is 60.3 Å². The van der Waals surface area contributed by atoms with Crippen molar-refractivity contribution < 1.29 is 34.1 Å². The largest absolute Gasteiger partial charge is 0.490 e. The molecule has 2 saturated heterocycles. The van der Waals surface area contributed by atoms with Crippen molar-refractivity contribution >= 4 is 61.2 Å².